The molecule has 0 N–H and O–H groups in total. The molecule has 238 valence electrons. The zero-order chi connectivity index (χ0) is 30.6. The lowest BCUT2D eigenvalue weighted by molar-refractivity contribution is 0.0985. The van der Waals surface area contributed by atoms with E-state index in [4.69, 9.17) is 0 Å². The molecule has 0 saturated heterocycles. The van der Waals surface area contributed by atoms with E-state index in [1.807, 2.05) is 0 Å². The van der Waals surface area contributed by atoms with Gasteiger partial charge in [-0.25, -0.2) is 0 Å². The van der Waals surface area contributed by atoms with Gasteiger partial charge in [-0.1, -0.05) is 193 Å². The van der Waals surface area contributed by atoms with Gasteiger partial charge in [0.2, 0.25) is 0 Å². The molecule has 0 saturated carbocycles. The first kappa shape index (κ1) is 36.9. The van der Waals surface area contributed by atoms with Crippen LogP contribution in [0.3, 0.4) is 0 Å². The Labute approximate surface area is 290 Å². The monoisotopic (exact) mass is 834 g/mol. The normalized spacial score (nSPS) is 16.8. The summed E-state index contributed by atoms with van der Waals surface area (Å²) in [5, 5.41) is 0. The Balaban J connectivity index is 1.66. The number of ketones is 2. The Morgan fingerprint density at radius 2 is 0.714 bits per heavy atom. The Morgan fingerprint density at radius 1 is 0.452 bits per heavy atom. The van der Waals surface area contributed by atoms with Crippen molar-refractivity contribution in [2.45, 2.75) is 174 Å². The number of hydrogen-bond acceptors (Lipinski definition) is 2. The van der Waals surface area contributed by atoms with Crippen LogP contribution in [0.25, 0.3) is 0 Å². The lowest BCUT2D eigenvalue weighted by atomic mass is 9.84. The molecule has 2 nitrogen and oxygen atoms in total. The molecule has 0 amide bonds. The molecule has 0 aromatic heterocycles. The Hall–Kier alpha value is 0.480. The third-order valence-corrected chi connectivity index (χ3v) is 12.0. The summed E-state index contributed by atoms with van der Waals surface area (Å²) < 4.78 is -1.50. The maximum Gasteiger partial charge on any atom is 0.191 e. The Morgan fingerprint density at radius 3 is 1.00 bits per heavy atom. The van der Waals surface area contributed by atoms with Crippen molar-refractivity contribution in [2.75, 3.05) is 0 Å². The van der Waals surface area contributed by atoms with E-state index in [0.717, 1.165) is 59.1 Å². The van der Waals surface area contributed by atoms with Gasteiger partial charge in [0.05, 0.1) is 0 Å². The first-order valence-electron chi connectivity index (χ1n) is 17.2. The molecular weight excluding hydrogens is 784 g/mol. The zero-order valence-electron chi connectivity index (χ0n) is 26.3. The van der Waals surface area contributed by atoms with Gasteiger partial charge in [0.25, 0.3) is 0 Å². The highest BCUT2D eigenvalue weighted by molar-refractivity contribution is 9.26. The van der Waals surface area contributed by atoms with Crippen LogP contribution < -0.4 is 0 Å². The molecule has 0 heterocycles. The highest BCUT2D eigenvalue weighted by Gasteiger charge is 2.50. The van der Waals surface area contributed by atoms with Crippen molar-refractivity contribution in [3.05, 3.63) is 33.4 Å². The molecule has 0 bridgehead atoms. The molecule has 3 rings (SSSR count). The summed E-state index contributed by atoms with van der Waals surface area (Å²) in [6, 6.07) is 0. The molecule has 0 fully saturated rings. The topological polar surface area (TPSA) is 34.1 Å². The third kappa shape index (κ3) is 10.2. The minimum Gasteiger partial charge on any atom is -0.292 e. The lowest BCUT2D eigenvalue weighted by Gasteiger charge is -2.19. The summed E-state index contributed by atoms with van der Waals surface area (Å²) in [4.78, 5) is 27.5. The maximum atomic E-state index is 13.8. The number of rotatable bonds is 22. The van der Waals surface area contributed by atoms with Gasteiger partial charge in [0, 0.05) is 24.0 Å². The van der Waals surface area contributed by atoms with Crippen molar-refractivity contribution in [1.29, 1.82) is 0 Å². The van der Waals surface area contributed by atoms with E-state index in [1.54, 1.807) is 0 Å². The number of carbonyl (C=O) groups excluding carboxylic acids is 2. The number of alkyl halides is 4. The second-order valence-corrected chi connectivity index (χ2v) is 20.5. The molecule has 0 unspecified atom stereocenters. The van der Waals surface area contributed by atoms with Gasteiger partial charge in [-0.15, -0.1) is 0 Å². The molecule has 0 spiro atoms. The largest absolute Gasteiger partial charge is 0.292 e. The number of fused-ring (bicyclic) bond motifs is 2. The van der Waals surface area contributed by atoms with Gasteiger partial charge < -0.3 is 0 Å². The molecule has 6 heteroatoms. The second kappa shape index (κ2) is 18.6. The van der Waals surface area contributed by atoms with Crippen LogP contribution in [0.15, 0.2) is 0 Å². The number of benzene rings is 1. The number of carbonyl (C=O) groups is 2. The lowest BCUT2D eigenvalue weighted by Crippen LogP contribution is -2.21. The Bertz CT molecular complexity index is 948. The van der Waals surface area contributed by atoms with Gasteiger partial charge in [-0.2, -0.15) is 0 Å². The quantitative estimate of drug-likeness (QED) is 0.0861. The van der Waals surface area contributed by atoms with Crippen LogP contribution in [0, 0.1) is 0 Å². The molecule has 2 aliphatic carbocycles. The molecule has 1 aromatic carbocycles. The molecular formula is C36H54Br4O2. The fourth-order valence-electron chi connectivity index (χ4n) is 7.01. The summed E-state index contributed by atoms with van der Waals surface area (Å²) in [7, 11) is 0. The molecule has 0 atom stereocenters. The van der Waals surface area contributed by atoms with Crippen molar-refractivity contribution in [3.8, 4) is 0 Å². The standard InChI is InChI=1S/C36H54Br4O2/c1-3-5-7-9-11-13-15-17-19-21-23-27-29-25-35(37,38)34(42)32(29)28(30-26-36(39,40)33(41)31(27)30)24-22-20-18-16-14-12-10-8-6-4-2/h3-26H2,1-2H3. The predicted octanol–water partition coefficient (Wildman–Crippen LogP) is 13.1. The summed E-state index contributed by atoms with van der Waals surface area (Å²) >= 11 is 14.9. The smallest absolute Gasteiger partial charge is 0.191 e. The zero-order valence-corrected chi connectivity index (χ0v) is 32.6. The minimum absolute atomic E-state index is 0.140. The average Bonchev–Trinajstić information content (AvgIpc) is 3.33. The van der Waals surface area contributed by atoms with Crippen molar-refractivity contribution in [1.82, 2.24) is 0 Å². The fraction of sp³-hybridized carbons (Fsp3) is 0.778. The first-order valence-corrected chi connectivity index (χ1v) is 20.4. The Kier molecular flexibility index (Phi) is 16.3. The number of halogens is 4. The predicted molar refractivity (Wildman–Crippen MR) is 195 cm³/mol. The number of unbranched alkanes of at least 4 members (excludes halogenated alkanes) is 18. The van der Waals surface area contributed by atoms with Crippen LogP contribution in [0.2, 0.25) is 0 Å². The van der Waals surface area contributed by atoms with E-state index in [9.17, 15) is 9.59 Å². The van der Waals surface area contributed by atoms with Crippen molar-refractivity contribution >= 4 is 75.3 Å². The van der Waals surface area contributed by atoms with E-state index >= 15 is 0 Å². The third-order valence-electron chi connectivity index (χ3n) is 9.41. The SMILES string of the molecule is CCCCCCCCCCCCc1c2c(c(CCCCCCCCCCCC)c3c1C(=O)C(Br)(Br)C3)C(=O)C(Br)(Br)C2. The minimum atomic E-state index is -0.751. The summed E-state index contributed by atoms with van der Waals surface area (Å²) in [6.07, 6.45) is 28.8. The summed E-state index contributed by atoms with van der Waals surface area (Å²) in [5.41, 5.74) is 6.35. The van der Waals surface area contributed by atoms with Gasteiger partial charge in [0.1, 0.15) is 6.47 Å². The van der Waals surface area contributed by atoms with E-state index in [2.05, 4.69) is 77.6 Å². The van der Waals surface area contributed by atoms with Crippen LogP contribution in [0.1, 0.15) is 185 Å². The maximum absolute atomic E-state index is 13.8. The highest BCUT2D eigenvalue weighted by Crippen LogP contribution is 2.51. The van der Waals surface area contributed by atoms with Gasteiger partial charge in [-0.3, -0.25) is 9.59 Å². The van der Waals surface area contributed by atoms with Gasteiger partial charge in [0.15, 0.2) is 11.6 Å². The van der Waals surface area contributed by atoms with Crippen molar-refractivity contribution < 1.29 is 9.59 Å². The van der Waals surface area contributed by atoms with Gasteiger partial charge >= 0.3 is 0 Å². The highest BCUT2D eigenvalue weighted by atomic mass is 79.9. The molecule has 0 aliphatic heterocycles. The first-order chi connectivity index (χ1) is 20.2. The molecule has 42 heavy (non-hydrogen) atoms. The number of hydrogen-bond donors (Lipinski definition) is 0. The van der Waals surface area contributed by atoms with E-state index in [-0.39, 0.29) is 11.6 Å². The van der Waals surface area contributed by atoms with Crippen molar-refractivity contribution in [2.24, 2.45) is 0 Å². The molecule has 1 aromatic rings. The summed E-state index contributed by atoms with van der Waals surface area (Å²) in [5.74, 6) is 0.279. The van der Waals surface area contributed by atoms with Crippen LogP contribution in [0.5, 0.6) is 0 Å². The van der Waals surface area contributed by atoms with E-state index < -0.39 is 6.47 Å². The van der Waals surface area contributed by atoms with Crippen LogP contribution in [-0.4, -0.2) is 18.0 Å². The van der Waals surface area contributed by atoms with Crippen LogP contribution in [-0.2, 0) is 25.7 Å². The van der Waals surface area contributed by atoms with Crippen molar-refractivity contribution in [3.63, 3.8) is 0 Å². The fourth-order valence-corrected chi connectivity index (χ4v) is 8.92. The van der Waals surface area contributed by atoms with E-state index in [0.29, 0.717) is 12.8 Å². The van der Waals surface area contributed by atoms with Crippen LogP contribution in [0.4, 0.5) is 0 Å². The molecule has 2 aliphatic rings. The average molecular weight is 838 g/mol. The van der Waals surface area contributed by atoms with Gasteiger partial charge in [-0.05, 0) is 47.9 Å². The molecule has 0 radical (unpaired) electrons. The van der Waals surface area contributed by atoms with Crippen LogP contribution >= 0.6 is 63.7 Å². The van der Waals surface area contributed by atoms with E-state index in [1.165, 1.54) is 116 Å². The second-order valence-electron chi connectivity index (χ2n) is 12.9. The number of Topliss-reactive ketones (excluding diaryl/α,β-unsaturated/α-hetero) is 2. The summed E-state index contributed by atoms with van der Waals surface area (Å²) in [6.45, 7) is 4.54.